The van der Waals surface area contributed by atoms with Crippen molar-refractivity contribution in [2.24, 2.45) is 0 Å². The van der Waals surface area contributed by atoms with E-state index in [0.717, 1.165) is 11.1 Å². The van der Waals surface area contributed by atoms with E-state index in [0.29, 0.717) is 5.69 Å². The second-order valence-corrected chi connectivity index (χ2v) is 7.08. The molecule has 0 saturated heterocycles. The molecule has 1 amide bonds. The molecule has 7 heteroatoms. The average Bonchev–Trinajstić information content (AvgIpc) is 2.55. The summed E-state index contributed by atoms with van der Waals surface area (Å²) in [4.78, 5) is 12.0. The Kier molecular flexibility index (Phi) is 5.58. The van der Waals surface area contributed by atoms with Gasteiger partial charge in [0.2, 0.25) is 15.9 Å². The van der Waals surface area contributed by atoms with Crippen molar-refractivity contribution in [3.8, 4) is 5.75 Å². The molecule has 0 fully saturated rings. The number of hydrogen-bond acceptors (Lipinski definition) is 4. The molecule has 2 N–H and O–H groups in total. The van der Waals surface area contributed by atoms with Crippen LogP contribution in [0.5, 0.6) is 5.75 Å². The lowest BCUT2D eigenvalue weighted by Gasteiger charge is -2.12. The van der Waals surface area contributed by atoms with Crippen LogP contribution in [0, 0.1) is 13.8 Å². The maximum atomic E-state index is 12.4. The van der Waals surface area contributed by atoms with Gasteiger partial charge in [0.15, 0.2) is 0 Å². The average molecular weight is 348 g/mol. The van der Waals surface area contributed by atoms with Gasteiger partial charge < -0.3 is 10.1 Å². The van der Waals surface area contributed by atoms with Crippen molar-refractivity contribution in [2.75, 3.05) is 19.0 Å². The standard InChI is InChI=1S/C17H20N2O4S/c1-12-8-9-15(23-3)16(10-12)24(21,22)18-11-17(20)19-14-7-5-4-6-13(14)2/h4-10,18H,11H2,1-3H3,(H,19,20). The second-order valence-electron chi connectivity index (χ2n) is 5.34. The van der Waals surface area contributed by atoms with Gasteiger partial charge in [0, 0.05) is 5.69 Å². The molecule has 0 saturated carbocycles. The number of carbonyl (C=O) groups is 1. The summed E-state index contributed by atoms with van der Waals surface area (Å²) in [6, 6.07) is 12.1. The van der Waals surface area contributed by atoms with Gasteiger partial charge in [-0.05, 0) is 43.2 Å². The summed E-state index contributed by atoms with van der Waals surface area (Å²) in [5.41, 5.74) is 2.32. The molecule has 2 aromatic carbocycles. The quantitative estimate of drug-likeness (QED) is 0.838. The summed E-state index contributed by atoms with van der Waals surface area (Å²) in [5.74, 6) is -0.216. The van der Waals surface area contributed by atoms with Gasteiger partial charge in [-0.1, -0.05) is 24.3 Å². The van der Waals surface area contributed by atoms with E-state index in [-0.39, 0.29) is 17.2 Å². The van der Waals surface area contributed by atoms with E-state index >= 15 is 0 Å². The first kappa shape index (κ1) is 18.0. The Labute approximate surface area is 141 Å². The van der Waals surface area contributed by atoms with E-state index in [1.165, 1.54) is 13.2 Å². The molecular weight excluding hydrogens is 328 g/mol. The summed E-state index contributed by atoms with van der Waals surface area (Å²) >= 11 is 0. The third-order valence-corrected chi connectivity index (χ3v) is 4.87. The van der Waals surface area contributed by atoms with Crippen LogP contribution in [0.3, 0.4) is 0 Å². The second kappa shape index (κ2) is 7.46. The molecule has 0 heterocycles. The van der Waals surface area contributed by atoms with Crippen LogP contribution in [-0.2, 0) is 14.8 Å². The minimum atomic E-state index is -3.86. The smallest absolute Gasteiger partial charge is 0.244 e. The number of ether oxygens (including phenoxy) is 1. The van der Waals surface area contributed by atoms with E-state index in [2.05, 4.69) is 10.0 Å². The van der Waals surface area contributed by atoms with E-state index in [9.17, 15) is 13.2 Å². The molecular formula is C17H20N2O4S. The lowest BCUT2D eigenvalue weighted by atomic mass is 10.2. The first-order valence-corrected chi connectivity index (χ1v) is 8.81. The largest absolute Gasteiger partial charge is 0.495 e. The van der Waals surface area contributed by atoms with Crippen LogP contribution in [0.2, 0.25) is 0 Å². The number of sulfonamides is 1. The molecule has 0 unspecified atom stereocenters. The first-order valence-electron chi connectivity index (χ1n) is 7.33. The van der Waals surface area contributed by atoms with E-state index in [1.54, 1.807) is 31.2 Å². The van der Waals surface area contributed by atoms with Gasteiger partial charge >= 0.3 is 0 Å². The van der Waals surface area contributed by atoms with Crippen molar-refractivity contribution >= 4 is 21.6 Å². The van der Waals surface area contributed by atoms with Crippen LogP contribution in [0.15, 0.2) is 47.4 Å². The lowest BCUT2D eigenvalue weighted by molar-refractivity contribution is -0.115. The fraction of sp³-hybridized carbons (Fsp3) is 0.235. The molecule has 0 radical (unpaired) electrons. The van der Waals surface area contributed by atoms with Crippen LogP contribution in [0.25, 0.3) is 0 Å². The van der Waals surface area contributed by atoms with E-state index in [1.807, 2.05) is 19.1 Å². The monoisotopic (exact) mass is 348 g/mol. The summed E-state index contributed by atoms with van der Waals surface area (Å²) in [6.45, 7) is 3.27. The lowest BCUT2D eigenvalue weighted by Crippen LogP contribution is -2.33. The van der Waals surface area contributed by atoms with Crippen molar-refractivity contribution in [3.63, 3.8) is 0 Å². The number of amides is 1. The van der Waals surface area contributed by atoms with Gasteiger partial charge in [-0.25, -0.2) is 13.1 Å². The zero-order chi connectivity index (χ0) is 17.7. The highest BCUT2D eigenvalue weighted by atomic mass is 32.2. The van der Waals surface area contributed by atoms with Gasteiger partial charge in [0.25, 0.3) is 0 Å². The number of para-hydroxylation sites is 1. The maximum absolute atomic E-state index is 12.4. The number of anilines is 1. The Morgan fingerprint density at radius 1 is 1.12 bits per heavy atom. The molecule has 0 bridgehead atoms. The highest BCUT2D eigenvalue weighted by Crippen LogP contribution is 2.24. The van der Waals surface area contributed by atoms with Gasteiger partial charge in [-0.2, -0.15) is 0 Å². The van der Waals surface area contributed by atoms with Crippen LogP contribution in [0.4, 0.5) is 5.69 Å². The fourth-order valence-corrected chi connectivity index (χ4v) is 3.37. The van der Waals surface area contributed by atoms with Gasteiger partial charge in [0.05, 0.1) is 13.7 Å². The van der Waals surface area contributed by atoms with Crippen molar-refractivity contribution in [2.45, 2.75) is 18.7 Å². The number of carbonyl (C=O) groups excluding carboxylic acids is 1. The minimum absolute atomic E-state index is 0.00805. The summed E-state index contributed by atoms with van der Waals surface area (Å²) in [7, 11) is -2.46. The molecule has 2 aromatic rings. The Bertz CT molecular complexity index is 847. The molecule has 0 aliphatic carbocycles. The van der Waals surface area contributed by atoms with Gasteiger partial charge in [-0.15, -0.1) is 0 Å². The predicted molar refractivity (Wildman–Crippen MR) is 92.7 cm³/mol. The molecule has 128 valence electrons. The number of methoxy groups -OCH3 is 1. The van der Waals surface area contributed by atoms with Crippen molar-refractivity contribution in [3.05, 3.63) is 53.6 Å². The Balaban J connectivity index is 2.09. The number of rotatable bonds is 6. The van der Waals surface area contributed by atoms with Crippen LogP contribution >= 0.6 is 0 Å². The normalized spacial score (nSPS) is 11.1. The van der Waals surface area contributed by atoms with Crippen LogP contribution < -0.4 is 14.8 Å². The third-order valence-electron chi connectivity index (χ3n) is 3.45. The summed E-state index contributed by atoms with van der Waals surface area (Å²) in [6.07, 6.45) is 0. The highest BCUT2D eigenvalue weighted by molar-refractivity contribution is 7.89. The van der Waals surface area contributed by atoms with Crippen LogP contribution in [0.1, 0.15) is 11.1 Å². The summed E-state index contributed by atoms with van der Waals surface area (Å²) in [5, 5.41) is 2.68. The number of benzene rings is 2. The van der Waals surface area contributed by atoms with Gasteiger partial charge in [0.1, 0.15) is 10.6 Å². The molecule has 0 aliphatic rings. The molecule has 2 rings (SSSR count). The topological polar surface area (TPSA) is 84.5 Å². The molecule has 0 atom stereocenters. The molecule has 24 heavy (non-hydrogen) atoms. The molecule has 0 aromatic heterocycles. The fourth-order valence-electron chi connectivity index (χ4n) is 2.14. The third kappa shape index (κ3) is 4.33. The predicted octanol–water partition coefficient (Wildman–Crippen LogP) is 2.23. The molecule has 0 aliphatic heterocycles. The zero-order valence-corrected chi connectivity index (χ0v) is 14.6. The van der Waals surface area contributed by atoms with E-state index in [4.69, 9.17) is 4.74 Å². The van der Waals surface area contributed by atoms with Gasteiger partial charge in [-0.3, -0.25) is 4.79 Å². The summed E-state index contributed by atoms with van der Waals surface area (Å²) < 4.78 is 32.2. The Morgan fingerprint density at radius 3 is 2.50 bits per heavy atom. The Morgan fingerprint density at radius 2 is 1.83 bits per heavy atom. The molecule has 0 spiro atoms. The van der Waals surface area contributed by atoms with Crippen molar-refractivity contribution < 1.29 is 17.9 Å². The Hall–Kier alpha value is -2.38. The van der Waals surface area contributed by atoms with Crippen molar-refractivity contribution in [1.82, 2.24) is 4.72 Å². The number of nitrogens with one attached hydrogen (secondary N) is 2. The van der Waals surface area contributed by atoms with E-state index < -0.39 is 15.9 Å². The number of aryl methyl sites for hydroxylation is 2. The molecule has 6 nitrogen and oxygen atoms in total. The highest BCUT2D eigenvalue weighted by Gasteiger charge is 2.20. The zero-order valence-electron chi connectivity index (χ0n) is 13.8. The first-order chi connectivity index (χ1) is 11.3. The maximum Gasteiger partial charge on any atom is 0.244 e. The van der Waals surface area contributed by atoms with Crippen molar-refractivity contribution in [1.29, 1.82) is 0 Å². The SMILES string of the molecule is COc1ccc(C)cc1S(=O)(=O)NCC(=O)Nc1ccccc1C. The van der Waals surface area contributed by atoms with Crippen LogP contribution in [-0.4, -0.2) is 28.0 Å². The minimum Gasteiger partial charge on any atom is -0.495 e. The number of hydrogen-bond donors (Lipinski definition) is 2.